The minimum atomic E-state index is -4.58. The van der Waals surface area contributed by atoms with Crippen LogP contribution in [0.4, 0.5) is 28.9 Å². The molecular formula is C18H18ClF4N5O2. The SMILES string of the molecule is O=C(CN1CCN(c2cnn(CC(F)(F)F)c(=O)c2Cl)CC1)Nc1ccc(F)cc1. The quantitative estimate of drug-likeness (QED) is 0.713. The second-order valence-electron chi connectivity index (χ2n) is 6.74. The van der Waals surface area contributed by atoms with Gasteiger partial charge in [-0.15, -0.1) is 0 Å². The third-order valence-corrected chi connectivity index (χ3v) is 4.86. The number of nitrogens with one attached hydrogen (secondary N) is 1. The van der Waals surface area contributed by atoms with Crippen LogP contribution in [0, 0.1) is 5.82 Å². The van der Waals surface area contributed by atoms with E-state index in [1.54, 1.807) is 4.90 Å². The maximum absolute atomic E-state index is 12.9. The molecule has 162 valence electrons. The number of hydrogen-bond acceptors (Lipinski definition) is 5. The Hall–Kier alpha value is -2.66. The Kier molecular flexibility index (Phi) is 6.61. The fraction of sp³-hybridized carbons (Fsp3) is 0.389. The Morgan fingerprint density at radius 2 is 1.77 bits per heavy atom. The number of carbonyl (C=O) groups is 1. The first-order valence-electron chi connectivity index (χ1n) is 8.97. The van der Waals surface area contributed by atoms with Gasteiger partial charge in [-0.2, -0.15) is 18.3 Å². The van der Waals surface area contributed by atoms with Crippen molar-refractivity contribution in [1.29, 1.82) is 0 Å². The molecule has 0 aliphatic carbocycles. The van der Waals surface area contributed by atoms with Crippen LogP contribution in [-0.2, 0) is 11.3 Å². The highest BCUT2D eigenvalue weighted by atomic mass is 35.5. The lowest BCUT2D eigenvalue weighted by molar-refractivity contribution is -0.143. The summed E-state index contributed by atoms with van der Waals surface area (Å²) in [4.78, 5) is 27.8. The van der Waals surface area contributed by atoms with Crippen molar-refractivity contribution < 1.29 is 22.4 Å². The second kappa shape index (κ2) is 9.00. The van der Waals surface area contributed by atoms with Gasteiger partial charge in [0.1, 0.15) is 17.4 Å². The molecule has 1 fully saturated rings. The van der Waals surface area contributed by atoms with Crippen molar-refractivity contribution in [2.24, 2.45) is 0 Å². The van der Waals surface area contributed by atoms with Crippen molar-refractivity contribution >= 4 is 28.9 Å². The van der Waals surface area contributed by atoms with Gasteiger partial charge < -0.3 is 10.2 Å². The first-order valence-corrected chi connectivity index (χ1v) is 9.35. The van der Waals surface area contributed by atoms with Gasteiger partial charge in [0, 0.05) is 31.9 Å². The zero-order chi connectivity index (χ0) is 21.9. The van der Waals surface area contributed by atoms with Crippen LogP contribution < -0.4 is 15.8 Å². The number of anilines is 2. The summed E-state index contributed by atoms with van der Waals surface area (Å²) in [6.45, 7) is 0.368. The molecule has 1 aromatic carbocycles. The van der Waals surface area contributed by atoms with Gasteiger partial charge >= 0.3 is 6.18 Å². The lowest BCUT2D eigenvalue weighted by Crippen LogP contribution is -2.49. The van der Waals surface area contributed by atoms with E-state index in [4.69, 9.17) is 11.6 Å². The van der Waals surface area contributed by atoms with Crippen LogP contribution in [0.3, 0.4) is 0 Å². The highest BCUT2D eigenvalue weighted by molar-refractivity contribution is 6.33. The van der Waals surface area contributed by atoms with Crippen LogP contribution in [0.2, 0.25) is 5.02 Å². The lowest BCUT2D eigenvalue weighted by atomic mass is 10.2. The molecule has 0 atom stereocenters. The van der Waals surface area contributed by atoms with Crippen molar-refractivity contribution in [3.05, 3.63) is 51.7 Å². The largest absolute Gasteiger partial charge is 0.408 e. The number of aromatic nitrogens is 2. The molecule has 0 radical (unpaired) electrons. The van der Waals surface area contributed by atoms with E-state index in [9.17, 15) is 27.2 Å². The summed E-state index contributed by atoms with van der Waals surface area (Å²) in [7, 11) is 0. The summed E-state index contributed by atoms with van der Waals surface area (Å²) < 4.78 is 50.7. The zero-order valence-corrected chi connectivity index (χ0v) is 16.4. The average Bonchev–Trinajstić information content (AvgIpc) is 2.67. The van der Waals surface area contributed by atoms with Crippen molar-refractivity contribution in [3.63, 3.8) is 0 Å². The predicted molar refractivity (Wildman–Crippen MR) is 103 cm³/mol. The minimum absolute atomic E-state index is 0.115. The van der Waals surface area contributed by atoms with Crippen LogP contribution in [0.5, 0.6) is 0 Å². The van der Waals surface area contributed by atoms with Gasteiger partial charge in [0.2, 0.25) is 5.91 Å². The zero-order valence-electron chi connectivity index (χ0n) is 15.6. The van der Waals surface area contributed by atoms with E-state index >= 15 is 0 Å². The summed E-state index contributed by atoms with van der Waals surface area (Å²) >= 11 is 6.00. The number of hydrogen-bond donors (Lipinski definition) is 1. The number of benzene rings is 1. The average molecular weight is 448 g/mol. The normalized spacial score (nSPS) is 15.3. The molecule has 12 heteroatoms. The van der Waals surface area contributed by atoms with E-state index in [0.717, 1.165) is 6.20 Å². The summed E-state index contributed by atoms with van der Waals surface area (Å²) in [5, 5.41) is 5.92. The molecule has 0 saturated carbocycles. The number of nitrogens with zero attached hydrogens (tertiary/aromatic N) is 4. The predicted octanol–water partition coefficient (Wildman–Crippen LogP) is 2.36. The topological polar surface area (TPSA) is 70.5 Å². The molecule has 2 heterocycles. The van der Waals surface area contributed by atoms with Gasteiger partial charge in [-0.3, -0.25) is 14.5 Å². The van der Waals surface area contributed by atoms with Crippen molar-refractivity contribution in [1.82, 2.24) is 14.7 Å². The van der Waals surface area contributed by atoms with Gasteiger partial charge in [-0.1, -0.05) is 11.6 Å². The Balaban J connectivity index is 1.56. The standard InChI is InChI=1S/C18H18ClF4N5O2/c19-16-14(9-24-28(17(16)30)11-18(21,22)23)27-7-5-26(6-8-27)10-15(29)25-13-3-1-12(20)2-4-13/h1-4,9H,5-8,10-11H2,(H,25,29). The number of halogens is 5. The van der Waals surface area contributed by atoms with E-state index in [-0.39, 0.29) is 27.8 Å². The fourth-order valence-electron chi connectivity index (χ4n) is 3.04. The van der Waals surface area contributed by atoms with Gasteiger partial charge in [0.15, 0.2) is 0 Å². The van der Waals surface area contributed by atoms with Crippen molar-refractivity contribution in [3.8, 4) is 0 Å². The first kappa shape index (κ1) is 22.0. The van der Waals surface area contributed by atoms with Gasteiger partial charge in [-0.25, -0.2) is 9.07 Å². The lowest BCUT2D eigenvalue weighted by Gasteiger charge is -2.35. The maximum atomic E-state index is 12.9. The number of piperazine rings is 1. The van der Waals surface area contributed by atoms with E-state index in [1.165, 1.54) is 24.3 Å². The second-order valence-corrected chi connectivity index (χ2v) is 7.12. The molecule has 0 spiro atoms. The molecule has 30 heavy (non-hydrogen) atoms. The smallest absolute Gasteiger partial charge is 0.366 e. The summed E-state index contributed by atoms with van der Waals surface area (Å²) in [6, 6.07) is 5.41. The summed E-state index contributed by atoms with van der Waals surface area (Å²) in [6.07, 6.45) is -3.44. The number of alkyl halides is 3. The molecule has 1 N–H and O–H groups in total. The molecule has 0 bridgehead atoms. The molecular weight excluding hydrogens is 430 g/mol. The fourth-order valence-corrected chi connectivity index (χ4v) is 3.31. The molecule has 2 aromatic rings. The Morgan fingerprint density at radius 3 is 2.37 bits per heavy atom. The Labute approximate surface area is 173 Å². The Morgan fingerprint density at radius 1 is 1.13 bits per heavy atom. The van der Waals surface area contributed by atoms with Crippen LogP contribution in [0.15, 0.2) is 35.3 Å². The van der Waals surface area contributed by atoms with Crippen molar-refractivity contribution in [2.45, 2.75) is 12.7 Å². The van der Waals surface area contributed by atoms with Crippen LogP contribution in [0.1, 0.15) is 0 Å². The minimum Gasteiger partial charge on any atom is -0.366 e. The highest BCUT2D eigenvalue weighted by Gasteiger charge is 2.30. The van der Waals surface area contributed by atoms with Gasteiger partial charge in [-0.05, 0) is 24.3 Å². The summed E-state index contributed by atoms with van der Waals surface area (Å²) in [5.41, 5.74) is -0.264. The summed E-state index contributed by atoms with van der Waals surface area (Å²) in [5.74, 6) is -0.659. The highest BCUT2D eigenvalue weighted by Crippen LogP contribution is 2.23. The first-order chi connectivity index (χ1) is 14.1. The molecule has 1 amide bonds. The van der Waals surface area contributed by atoms with Gasteiger partial charge in [0.25, 0.3) is 5.56 Å². The van der Waals surface area contributed by atoms with E-state index in [0.29, 0.717) is 31.9 Å². The number of carbonyl (C=O) groups excluding carboxylic acids is 1. The molecule has 1 aromatic heterocycles. The molecule has 1 saturated heterocycles. The van der Waals surface area contributed by atoms with Crippen LogP contribution >= 0.6 is 11.6 Å². The van der Waals surface area contributed by atoms with Crippen molar-refractivity contribution in [2.75, 3.05) is 42.9 Å². The molecule has 0 unspecified atom stereocenters. The molecule has 7 nitrogen and oxygen atoms in total. The third-order valence-electron chi connectivity index (χ3n) is 4.50. The third kappa shape index (κ3) is 5.70. The molecule has 3 rings (SSSR count). The maximum Gasteiger partial charge on any atom is 0.408 e. The van der Waals surface area contributed by atoms with Crippen LogP contribution in [0.25, 0.3) is 0 Å². The molecule has 1 aliphatic rings. The van der Waals surface area contributed by atoms with E-state index < -0.39 is 24.1 Å². The monoisotopic (exact) mass is 447 g/mol. The van der Waals surface area contributed by atoms with Gasteiger partial charge in [0.05, 0.1) is 18.4 Å². The Bertz CT molecular complexity index is 957. The van der Waals surface area contributed by atoms with E-state index in [2.05, 4.69) is 10.4 Å². The number of amides is 1. The number of rotatable bonds is 5. The van der Waals surface area contributed by atoms with Crippen LogP contribution in [-0.4, -0.2) is 59.5 Å². The van der Waals surface area contributed by atoms with E-state index in [1.807, 2.05) is 4.90 Å². The molecule has 1 aliphatic heterocycles.